The molecular formula is C19H19NO2. The fourth-order valence-corrected chi connectivity index (χ4v) is 2.89. The van der Waals surface area contributed by atoms with Gasteiger partial charge in [0.2, 0.25) is 11.8 Å². The second-order valence-electron chi connectivity index (χ2n) is 5.93. The zero-order valence-corrected chi connectivity index (χ0v) is 12.9. The van der Waals surface area contributed by atoms with Crippen molar-refractivity contribution < 1.29 is 9.59 Å². The van der Waals surface area contributed by atoms with Gasteiger partial charge in [-0.2, -0.15) is 0 Å². The average molecular weight is 293 g/mol. The van der Waals surface area contributed by atoms with Gasteiger partial charge in [-0.05, 0) is 49.1 Å². The summed E-state index contributed by atoms with van der Waals surface area (Å²) in [7, 11) is 0. The number of imide groups is 1. The maximum Gasteiger partial charge on any atom is 0.237 e. The Balaban J connectivity index is 1.83. The zero-order chi connectivity index (χ0) is 15.7. The predicted octanol–water partition coefficient (Wildman–Crippen LogP) is 3.43. The van der Waals surface area contributed by atoms with E-state index >= 15 is 0 Å². The molecule has 1 aliphatic heterocycles. The van der Waals surface area contributed by atoms with Crippen LogP contribution in [0.5, 0.6) is 0 Å². The van der Waals surface area contributed by atoms with Crippen LogP contribution in [0.25, 0.3) is 0 Å². The van der Waals surface area contributed by atoms with Crippen LogP contribution in [-0.4, -0.2) is 11.8 Å². The summed E-state index contributed by atoms with van der Waals surface area (Å²) < 4.78 is 0. The monoisotopic (exact) mass is 293 g/mol. The number of carbonyl (C=O) groups is 2. The third kappa shape index (κ3) is 2.67. The fourth-order valence-electron chi connectivity index (χ4n) is 2.89. The molecule has 22 heavy (non-hydrogen) atoms. The van der Waals surface area contributed by atoms with Crippen LogP contribution in [0.4, 0.5) is 5.69 Å². The third-order valence-electron chi connectivity index (χ3n) is 4.31. The number of rotatable bonds is 3. The quantitative estimate of drug-likeness (QED) is 0.813. The zero-order valence-electron chi connectivity index (χ0n) is 12.9. The predicted molar refractivity (Wildman–Crippen MR) is 86.7 cm³/mol. The largest absolute Gasteiger partial charge is 0.274 e. The maximum absolute atomic E-state index is 12.6. The summed E-state index contributed by atoms with van der Waals surface area (Å²) in [6.07, 6.45) is 0.910. The van der Waals surface area contributed by atoms with Gasteiger partial charge in [-0.25, -0.2) is 0 Å². The highest BCUT2D eigenvalue weighted by atomic mass is 16.2. The van der Waals surface area contributed by atoms with Crippen molar-refractivity contribution in [3.05, 3.63) is 65.2 Å². The third-order valence-corrected chi connectivity index (χ3v) is 4.31. The SMILES string of the molecule is Cc1ccc(N2C(=O)CC(Cc3ccccc3)C2=O)cc1C. The Kier molecular flexibility index (Phi) is 3.80. The molecule has 2 amide bonds. The highest BCUT2D eigenvalue weighted by Gasteiger charge is 2.39. The lowest BCUT2D eigenvalue weighted by molar-refractivity contribution is -0.122. The standard InChI is InChI=1S/C19H19NO2/c1-13-8-9-17(10-14(13)2)20-18(21)12-16(19(20)22)11-15-6-4-3-5-7-15/h3-10,16H,11-12H2,1-2H3. The van der Waals surface area contributed by atoms with Gasteiger partial charge in [-0.15, -0.1) is 0 Å². The lowest BCUT2D eigenvalue weighted by Crippen LogP contribution is -2.30. The molecule has 0 aliphatic carbocycles. The van der Waals surface area contributed by atoms with Crippen LogP contribution in [0.2, 0.25) is 0 Å². The van der Waals surface area contributed by atoms with E-state index in [1.165, 1.54) is 4.90 Å². The maximum atomic E-state index is 12.6. The number of hydrogen-bond acceptors (Lipinski definition) is 2. The summed E-state index contributed by atoms with van der Waals surface area (Å²) >= 11 is 0. The van der Waals surface area contributed by atoms with Gasteiger partial charge in [0.05, 0.1) is 11.6 Å². The Morgan fingerprint density at radius 1 is 1.00 bits per heavy atom. The molecule has 0 saturated carbocycles. The Labute approximate surface area is 130 Å². The average Bonchev–Trinajstić information content (AvgIpc) is 2.78. The molecular weight excluding hydrogens is 274 g/mol. The topological polar surface area (TPSA) is 37.4 Å². The molecule has 0 spiro atoms. The minimum Gasteiger partial charge on any atom is -0.274 e. The van der Waals surface area contributed by atoms with E-state index in [2.05, 4.69) is 0 Å². The van der Waals surface area contributed by atoms with Crippen molar-refractivity contribution in [1.82, 2.24) is 0 Å². The molecule has 2 aromatic carbocycles. The van der Waals surface area contributed by atoms with Gasteiger partial charge in [0.25, 0.3) is 0 Å². The van der Waals surface area contributed by atoms with E-state index in [4.69, 9.17) is 0 Å². The van der Waals surface area contributed by atoms with Crippen LogP contribution in [0.1, 0.15) is 23.1 Å². The van der Waals surface area contributed by atoms with Gasteiger partial charge in [0.1, 0.15) is 0 Å². The molecule has 0 aromatic heterocycles. The summed E-state index contributed by atoms with van der Waals surface area (Å²) in [5.74, 6) is -0.442. The van der Waals surface area contributed by atoms with Crippen molar-refractivity contribution in [3.8, 4) is 0 Å². The highest BCUT2D eigenvalue weighted by Crippen LogP contribution is 2.29. The van der Waals surface area contributed by atoms with Crippen LogP contribution in [0, 0.1) is 19.8 Å². The van der Waals surface area contributed by atoms with Crippen molar-refractivity contribution in [2.45, 2.75) is 26.7 Å². The van der Waals surface area contributed by atoms with Gasteiger partial charge in [0, 0.05) is 6.42 Å². The molecule has 0 N–H and O–H groups in total. The Hall–Kier alpha value is -2.42. The lowest BCUT2D eigenvalue weighted by Gasteiger charge is -2.16. The van der Waals surface area contributed by atoms with E-state index in [-0.39, 0.29) is 17.7 Å². The molecule has 2 aromatic rings. The van der Waals surface area contributed by atoms with Gasteiger partial charge >= 0.3 is 0 Å². The van der Waals surface area contributed by atoms with E-state index in [0.29, 0.717) is 18.5 Å². The molecule has 3 heteroatoms. The van der Waals surface area contributed by atoms with Crippen molar-refractivity contribution in [3.63, 3.8) is 0 Å². The van der Waals surface area contributed by atoms with Crippen LogP contribution in [-0.2, 0) is 16.0 Å². The molecule has 1 saturated heterocycles. The van der Waals surface area contributed by atoms with Gasteiger partial charge in [-0.1, -0.05) is 36.4 Å². The van der Waals surface area contributed by atoms with E-state index in [1.54, 1.807) is 0 Å². The smallest absolute Gasteiger partial charge is 0.237 e. The molecule has 0 radical (unpaired) electrons. The first kappa shape index (κ1) is 14.5. The number of amides is 2. The van der Waals surface area contributed by atoms with Crippen molar-refractivity contribution in [2.75, 3.05) is 4.90 Å². The molecule has 1 unspecified atom stereocenters. The first-order valence-electron chi connectivity index (χ1n) is 7.54. The van der Waals surface area contributed by atoms with E-state index in [0.717, 1.165) is 16.7 Å². The summed E-state index contributed by atoms with van der Waals surface area (Å²) in [6.45, 7) is 4.01. The molecule has 1 aliphatic rings. The lowest BCUT2D eigenvalue weighted by atomic mass is 9.98. The van der Waals surface area contributed by atoms with Crippen molar-refractivity contribution in [1.29, 1.82) is 0 Å². The minimum absolute atomic E-state index is 0.0860. The Morgan fingerprint density at radius 3 is 2.41 bits per heavy atom. The molecule has 112 valence electrons. The second-order valence-corrected chi connectivity index (χ2v) is 5.93. The minimum atomic E-state index is -0.253. The van der Waals surface area contributed by atoms with Gasteiger partial charge < -0.3 is 0 Å². The van der Waals surface area contributed by atoms with Crippen LogP contribution in [0.3, 0.4) is 0 Å². The number of nitrogens with zero attached hydrogens (tertiary/aromatic N) is 1. The summed E-state index contributed by atoms with van der Waals surface area (Å²) in [4.78, 5) is 26.3. The van der Waals surface area contributed by atoms with E-state index in [1.807, 2.05) is 62.4 Å². The summed E-state index contributed by atoms with van der Waals surface area (Å²) in [5, 5.41) is 0. The number of aryl methyl sites for hydroxylation is 2. The van der Waals surface area contributed by atoms with E-state index < -0.39 is 0 Å². The van der Waals surface area contributed by atoms with Crippen LogP contribution >= 0.6 is 0 Å². The molecule has 3 nitrogen and oxygen atoms in total. The number of hydrogen-bond donors (Lipinski definition) is 0. The van der Waals surface area contributed by atoms with Crippen molar-refractivity contribution >= 4 is 17.5 Å². The summed E-state index contributed by atoms with van der Waals surface area (Å²) in [5.41, 5.74) is 4.03. The number of anilines is 1. The molecule has 1 atom stereocenters. The first-order chi connectivity index (χ1) is 10.6. The fraction of sp³-hybridized carbons (Fsp3) is 0.263. The van der Waals surface area contributed by atoms with Crippen LogP contribution in [0.15, 0.2) is 48.5 Å². The Bertz CT molecular complexity index is 721. The Morgan fingerprint density at radius 2 is 1.73 bits per heavy atom. The molecule has 3 rings (SSSR count). The second kappa shape index (κ2) is 5.76. The molecule has 0 bridgehead atoms. The van der Waals surface area contributed by atoms with Crippen LogP contribution < -0.4 is 4.90 Å². The molecule has 1 fully saturated rings. The van der Waals surface area contributed by atoms with E-state index in [9.17, 15) is 9.59 Å². The number of carbonyl (C=O) groups excluding carboxylic acids is 2. The van der Waals surface area contributed by atoms with Gasteiger partial charge in [-0.3, -0.25) is 14.5 Å². The van der Waals surface area contributed by atoms with Crippen molar-refractivity contribution in [2.24, 2.45) is 5.92 Å². The summed E-state index contributed by atoms with van der Waals surface area (Å²) in [6, 6.07) is 15.6. The highest BCUT2D eigenvalue weighted by molar-refractivity contribution is 6.21. The molecule has 1 heterocycles. The first-order valence-corrected chi connectivity index (χ1v) is 7.54. The van der Waals surface area contributed by atoms with Gasteiger partial charge in [0.15, 0.2) is 0 Å². The number of benzene rings is 2. The normalized spacial score (nSPS) is 18.1.